The minimum absolute atomic E-state index is 0.0509. The number of nitrogens with zero attached hydrogens (tertiary/aromatic N) is 4. The number of pyridine rings is 2. The van der Waals surface area contributed by atoms with E-state index in [1.54, 1.807) is 18.3 Å². The molecule has 1 aliphatic carbocycles. The minimum Gasteiger partial charge on any atom is -0.457 e. The predicted octanol–water partition coefficient (Wildman–Crippen LogP) is 4.85. The summed E-state index contributed by atoms with van der Waals surface area (Å²) < 4.78 is 15.5. The summed E-state index contributed by atoms with van der Waals surface area (Å²) >= 11 is 0. The van der Waals surface area contributed by atoms with Crippen LogP contribution in [0.5, 0.6) is 11.5 Å². The van der Waals surface area contributed by atoms with Gasteiger partial charge in [0, 0.05) is 45.1 Å². The first-order chi connectivity index (χ1) is 18.4. The Morgan fingerprint density at radius 2 is 1.97 bits per heavy atom. The molecular weight excluding hydrogens is 484 g/mol. The Hall–Kier alpha value is -4.18. The lowest BCUT2D eigenvalue weighted by atomic mass is 10.1. The topological polar surface area (TPSA) is 112 Å². The van der Waals surface area contributed by atoms with Crippen molar-refractivity contribution in [2.75, 3.05) is 23.8 Å². The second-order valence-corrected chi connectivity index (χ2v) is 9.97. The highest BCUT2D eigenvalue weighted by Crippen LogP contribution is 2.41. The van der Waals surface area contributed by atoms with Gasteiger partial charge in [0.15, 0.2) is 0 Å². The molecule has 2 fully saturated rings. The van der Waals surface area contributed by atoms with Crippen LogP contribution in [0.2, 0.25) is 0 Å². The number of aromatic nitrogens is 4. The molecule has 6 rings (SSSR count). The highest BCUT2D eigenvalue weighted by molar-refractivity contribution is 5.87. The number of anilines is 3. The van der Waals surface area contributed by atoms with E-state index in [4.69, 9.17) is 14.5 Å². The number of aryl methyl sites for hydroxylation is 1. The molecule has 1 aliphatic heterocycles. The molecule has 0 radical (unpaired) electrons. The van der Waals surface area contributed by atoms with Gasteiger partial charge in [-0.1, -0.05) is 0 Å². The average Bonchev–Trinajstić information content (AvgIpc) is 3.71. The summed E-state index contributed by atoms with van der Waals surface area (Å²) in [5.74, 6) is 2.46. The third-order valence-electron chi connectivity index (χ3n) is 7.01. The van der Waals surface area contributed by atoms with Crippen LogP contribution in [0.1, 0.15) is 50.1 Å². The first-order valence-electron chi connectivity index (χ1n) is 12.9. The van der Waals surface area contributed by atoms with Crippen LogP contribution in [0.25, 0.3) is 11.0 Å². The molecule has 1 atom stereocenters. The number of rotatable bonds is 7. The number of imidazole rings is 1. The molecule has 196 valence electrons. The van der Waals surface area contributed by atoms with Gasteiger partial charge in [-0.3, -0.25) is 9.59 Å². The molecule has 2 aliphatic rings. The van der Waals surface area contributed by atoms with Gasteiger partial charge < -0.3 is 29.2 Å². The number of hydrogen-bond acceptors (Lipinski definition) is 7. The second-order valence-electron chi connectivity index (χ2n) is 9.97. The highest BCUT2D eigenvalue weighted by atomic mass is 16.5. The van der Waals surface area contributed by atoms with E-state index in [0.29, 0.717) is 41.5 Å². The third kappa shape index (κ3) is 4.99. The Bertz CT molecular complexity index is 1570. The normalized spacial score (nSPS) is 17.4. The second kappa shape index (κ2) is 9.94. The third-order valence-corrected chi connectivity index (χ3v) is 7.01. The Morgan fingerprint density at radius 3 is 2.74 bits per heavy atom. The van der Waals surface area contributed by atoms with Gasteiger partial charge in [-0.25, -0.2) is 9.97 Å². The van der Waals surface area contributed by atoms with E-state index in [0.717, 1.165) is 43.3 Å². The van der Waals surface area contributed by atoms with E-state index >= 15 is 0 Å². The molecule has 4 heterocycles. The fourth-order valence-electron chi connectivity index (χ4n) is 4.89. The fraction of sp³-hybridized carbons (Fsp3) is 0.357. The summed E-state index contributed by atoms with van der Waals surface area (Å²) in [7, 11) is 1.90. The van der Waals surface area contributed by atoms with Crippen LogP contribution in [0, 0.1) is 0 Å². The van der Waals surface area contributed by atoms with E-state index in [1.807, 2.05) is 46.6 Å². The molecule has 1 saturated carbocycles. The van der Waals surface area contributed by atoms with E-state index < -0.39 is 0 Å². The Labute approximate surface area is 219 Å². The predicted molar refractivity (Wildman–Crippen MR) is 144 cm³/mol. The lowest BCUT2D eigenvalue weighted by Gasteiger charge is -2.25. The Kier molecular flexibility index (Phi) is 6.32. The van der Waals surface area contributed by atoms with Crippen molar-refractivity contribution < 1.29 is 14.3 Å². The van der Waals surface area contributed by atoms with E-state index in [1.165, 1.54) is 12.5 Å². The smallest absolute Gasteiger partial charge is 0.274 e. The summed E-state index contributed by atoms with van der Waals surface area (Å²) in [6.07, 6.45) is 7.80. The average molecular weight is 515 g/mol. The van der Waals surface area contributed by atoms with Crippen LogP contribution < -0.4 is 20.9 Å². The van der Waals surface area contributed by atoms with Crippen molar-refractivity contribution in [2.45, 2.75) is 44.6 Å². The number of hydrogen-bond donors (Lipinski definition) is 2. The van der Waals surface area contributed by atoms with Crippen molar-refractivity contribution >= 4 is 34.4 Å². The molecular formula is C28H30N6O4. The van der Waals surface area contributed by atoms with E-state index in [-0.39, 0.29) is 17.5 Å². The number of carbonyl (C=O) groups is 1. The number of amides is 1. The van der Waals surface area contributed by atoms with E-state index in [2.05, 4.69) is 15.6 Å². The number of ether oxygens (including phenoxy) is 2. The van der Waals surface area contributed by atoms with Crippen molar-refractivity contribution in [3.63, 3.8) is 0 Å². The molecule has 10 nitrogen and oxygen atoms in total. The van der Waals surface area contributed by atoms with Crippen LogP contribution in [-0.4, -0.2) is 38.2 Å². The molecule has 4 aromatic rings. The summed E-state index contributed by atoms with van der Waals surface area (Å²) in [6.45, 7) is 2.74. The van der Waals surface area contributed by atoms with Crippen molar-refractivity contribution in [1.82, 2.24) is 19.1 Å². The van der Waals surface area contributed by atoms with Gasteiger partial charge in [-0.05, 0) is 61.4 Å². The standard InChI is InChI=1S/C28H30N6O4/c1-17(35)30-26-14-22(9-10-29-26)38-21-7-8-23-25(13-21)33(2)28(31-23)32-24-12-19(18-5-6-18)15-34(27(24)36)20-4-3-11-37-16-20/h7-10,12-15,18,20H,3-6,11,16H2,1-2H3,(H,31,32)(H,29,30,35). The van der Waals surface area contributed by atoms with Gasteiger partial charge in [-0.15, -0.1) is 0 Å². The quantitative estimate of drug-likeness (QED) is 0.362. The van der Waals surface area contributed by atoms with Crippen LogP contribution >= 0.6 is 0 Å². The Balaban J connectivity index is 1.29. The zero-order chi connectivity index (χ0) is 26.2. The molecule has 2 N–H and O–H groups in total. The van der Waals surface area contributed by atoms with Crippen molar-refractivity contribution in [1.29, 1.82) is 0 Å². The number of fused-ring (bicyclic) bond motifs is 1. The van der Waals surface area contributed by atoms with E-state index in [9.17, 15) is 9.59 Å². The number of benzene rings is 1. The van der Waals surface area contributed by atoms with Crippen LogP contribution in [0.4, 0.5) is 17.5 Å². The minimum atomic E-state index is -0.201. The lowest BCUT2D eigenvalue weighted by molar-refractivity contribution is -0.114. The molecule has 0 spiro atoms. The molecule has 10 heteroatoms. The monoisotopic (exact) mass is 514 g/mol. The van der Waals surface area contributed by atoms with Crippen molar-refractivity contribution in [2.24, 2.45) is 7.05 Å². The zero-order valence-corrected chi connectivity index (χ0v) is 21.4. The van der Waals surface area contributed by atoms with Gasteiger partial charge in [0.25, 0.3) is 5.56 Å². The van der Waals surface area contributed by atoms with Gasteiger partial charge in [0.2, 0.25) is 11.9 Å². The molecule has 1 unspecified atom stereocenters. The fourth-order valence-corrected chi connectivity index (χ4v) is 4.89. The van der Waals surface area contributed by atoms with Crippen LogP contribution in [0.15, 0.2) is 53.6 Å². The molecule has 1 amide bonds. The molecule has 1 saturated heterocycles. The summed E-state index contributed by atoms with van der Waals surface area (Å²) in [5, 5.41) is 5.97. The summed E-state index contributed by atoms with van der Waals surface area (Å²) in [5.41, 5.74) is 3.27. The molecule has 38 heavy (non-hydrogen) atoms. The van der Waals surface area contributed by atoms with Crippen molar-refractivity contribution in [3.8, 4) is 11.5 Å². The summed E-state index contributed by atoms with van der Waals surface area (Å²) in [6, 6.07) is 11.0. The summed E-state index contributed by atoms with van der Waals surface area (Å²) in [4.78, 5) is 33.7. The Morgan fingerprint density at radius 1 is 1.13 bits per heavy atom. The van der Waals surface area contributed by atoms with Gasteiger partial charge in [-0.2, -0.15) is 0 Å². The van der Waals surface area contributed by atoms with Crippen LogP contribution in [0.3, 0.4) is 0 Å². The lowest BCUT2D eigenvalue weighted by Crippen LogP contribution is -2.31. The largest absolute Gasteiger partial charge is 0.457 e. The first kappa shape index (κ1) is 24.2. The molecule has 1 aromatic carbocycles. The van der Waals surface area contributed by atoms with Crippen molar-refractivity contribution in [3.05, 3.63) is 64.7 Å². The first-order valence-corrected chi connectivity index (χ1v) is 12.9. The van der Waals surface area contributed by atoms with Gasteiger partial charge in [0.1, 0.15) is 23.0 Å². The highest BCUT2D eigenvalue weighted by Gasteiger charge is 2.27. The SMILES string of the molecule is CC(=O)Nc1cc(Oc2ccc3nc(Nc4cc(C5CC5)cn(C5CCCOC5)c4=O)n(C)c3c2)ccn1. The number of nitrogens with one attached hydrogen (secondary N) is 2. The molecule has 0 bridgehead atoms. The maximum Gasteiger partial charge on any atom is 0.274 e. The van der Waals surface area contributed by atoms with Gasteiger partial charge >= 0.3 is 0 Å². The number of carbonyl (C=O) groups excluding carboxylic acids is 1. The maximum atomic E-state index is 13.5. The zero-order valence-electron chi connectivity index (χ0n) is 21.4. The molecule has 3 aromatic heterocycles. The van der Waals surface area contributed by atoms with Crippen LogP contribution in [-0.2, 0) is 16.6 Å². The maximum absolute atomic E-state index is 13.5. The van der Waals surface area contributed by atoms with Gasteiger partial charge in [0.05, 0.1) is 23.7 Å².